The predicted octanol–water partition coefficient (Wildman–Crippen LogP) is 2.39. The smallest absolute Gasteiger partial charge is 0.229 e. The minimum atomic E-state index is 0.0895. The maximum absolute atomic E-state index is 12.2. The molecule has 2 atom stereocenters. The molecule has 0 saturated heterocycles. The normalized spacial score (nSPS) is 27.9. The standard InChI is InChI=1S/C13H17N3O/c17-13-9-5-2-1-3-6-10(9)15-12-11(16-13)7-4-8-14-12/h4,7-10H,1-3,5-6H2,(H,14,15)(H,16,17). The van der Waals surface area contributed by atoms with E-state index in [4.69, 9.17) is 0 Å². The van der Waals surface area contributed by atoms with Crippen LogP contribution in [-0.2, 0) is 4.79 Å². The van der Waals surface area contributed by atoms with E-state index in [1.165, 1.54) is 12.8 Å². The van der Waals surface area contributed by atoms with E-state index >= 15 is 0 Å². The average molecular weight is 231 g/mol. The fourth-order valence-corrected chi connectivity index (χ4v) is 2.82. The molecular weight excluding hydrogens is 214 g/mol. The Morgan fingerprint density at radius 1 is 1.24 bits per heavy atom. The Hall–Kier alpha value is -1.58. The molecule has 4 nitrogen and oxygen atoms in total. The highest BCUT2D eigenvalue weighted by molar-refractivity contribution is 5.97. The predicted molar refractivity (Wildman–Crippen MR) is 66.9 cm³/mol. The second kappa shape index (κ2) is 4.35. The van der Waals surface area contributed by atoms with Gasteiger partial charge in [-0.15, -0.1) is 0 Å². The SMILES string of the molecule is O=C1Nc2cccnc2NC2CCCCCC12. The topological polar surface area (TPSA) is 54.0 Å². The number of pyridine rings is 1. The minimum Gasteiger partial charge on any atom is -0.365 e. The lowest BCUT2D eigenvalue weighted by Gasteiger charge is -2.21. The van der Waals surface area contributed by atoms with Gasteiger partial charge in [-0.25, -0.2) is 4.98 Å². The van der Waals surface area contributed by atoms with E-state index < -0.39 is 0 Å². The summed E-state index contributed by atoms with van der Waals surface area (Å²) in [5.41, 5.74) is 0.811. The van der Waals surface area contributed by atoms with Gasteiger partial charge in [-0.05, 0) is 25.0 Å². The third kappa shape index (κ3) is 1.99. The first-order valence-corrected chi connectivity index (χ1v) is 6.37. The lowest BCUT2D eigenvalue weighted by Crippen LogP contribution is -2.34. The van der Waals surface area contributed by atoms with Crippen LogP contribution in [0, 0.1) is 5.92 Å². The molecule has 0 bridgehead atoms. The Morgan fingerprint density at radius 2 is 2.12 bits per heavy atom. The maximum Gasteiger partial charge on any atom is 0.229 e. The van der Waals surface area contributed by atoms with Crippen LogP contribution in [0.15, 0.2) is 18.3 Å². The average Bonchev–Trinajstić information content (AvgIpc) is 2.62. The summed E-state index contributed by atoms with van der Waals surface area (Å²) in [6.45, 7) is 0. The van der Waals surface area contributed by atoms with E-state index in [-0.39, 0.29) is 17.9 Å². The zero-order chi connectivity index (χ0) is 11.7. The van der Waals surface area contributed by atoms with Gasteiger partial charge in [0, 0.05) is 12.2 Å². The molecule has 2 heterocycles. The van der Waals surface area contributed by atoms with E-state index in [0.29, 0.717) is 0 Å². The van der Waals surface area contributed by atoms with Crippen LogP contribution >= 0.6 is 0 Å². The summed E-state index contributed by atoms with van der Waals surface area (Å²) in [6.07, 6.45) is 7.39. The van der Waals surface area contributed by atoms with Crippen molar-refractivity contribution < 1.29 is 4.79 Å². The highest BCUT2D eigenvalue weighted by Crippen LogP contribution is 2.32. The molecule has 4 heteroatoms. The van der Waals surface area contributed by atoms with Crippen molar-refractivity contribution in [2.75, 3.05) is 10.6 Å². The van der Waals surface area contributed by atoms with E-state index in [0.717, 1.165) is 30.8 Å². The zero-order valence-electron chi connectivity index (χ0n) is 9.78. The minimum absolute atomic E-state index is 0.0895. The van der Waals surface area contributed by atoms with Crippen molar-refractivity contribution in [1.82, 2.24) is 4.98 Å². The Kier molecular flexibility index (Phi) is 2.71. The number of anilines is 2. The van der Waals surface area contributed by atoms with Gasteiger partial charge in [0.15, 0.2) is 0 Å². The van der Waals surface area contributed by atoms with Gasteiger partial charge in [0.25, 0.3) is 0 Å². The Balaban J connectivity index is 1.94. The number of fused-ring (bicyclic) bond motifs is 2. The van der Waals surface area contributed by atoms with Crippen molar-refractivity contribution in [3.63, 3.8) is 0 Å². The van der Waals surface area contributed by atoms with Gasteiger partial charge in [0.1, 0.15) is 5.82 Å². The first-order valence-electron chi connectivity index (χ1n) is 6.37. The van der Waals surface area contributed by atoms with E-state index in [9.17, 15) is 4.79 Å². The monoisotopic (exact) mass is 231 g/mol. The summed E-state index contributed by atoms with van der Waals surface area (Å²) < 4.78 is 0. The number of carbonyl (C=O) groups is 1. The number of aromatic nitrogens is 1. The first kappa shape index (κ1) is 10.6. The number of hydrogen-bond donors (Lipinski definition) is 2. The number of nitrogens with zero attached hydrogens (tertiary/aromatic N) is 1. The van der Waals surface area contributed by atoms with Crippen LogP contribution in [0.5, 0.6) is 0 Å². The van der Waals surface area contributed by atoms with Crippen LogP contribution in [-0.4, -0.2) is 16.9 Å². The summed E-state index contributed by atoms with van der Waals surface area (Å²) in [5, 5.41) is 6.42. The van der Waals surface area contributed by atoms with Gasteiger partial charge < -0.3 is 10.6 Å². The van der Waals surface area contributed by atoms with Crippen molar-refractivity contribution >= 4 is 17.4 Å². The van der Waals surface area contributed by atoms with Gasteiger partial charge in [0.2, 0.25) is 5.91 Å². The van der Waals surface area contributed by atoms with Crippen molar-refractivity contribution in [3.05, 3.63) is 18.3 Å². The van der Waals surface area contributed by atoms with Crippen LogP contribution < -0.4 is 10.6 Å². The quantitative estimate of drug-likeness (QED) is 0.721. The molecule has 1 amide bonds. The fraction of sp³-hybridized carbons (Fsp3) is 0.538. The summed E-state index contributed by atoms with van der Waals surface area (Å²) in [4.78, 5) is 16.5. The van der Waals surface area contributed by atoms with Crippen molar-refractivity contribution in [1.29, 1.82) is 0 Å². The number of hydrogen-bond acceptors (Lipinski definition) is 3. The van der Waals surface area contributed by atoms with Gasteiger partial charge in [-0.2, -0.15) is 0 Å². The van der Waals surface area contributed by atoms with Crippen LogP contribution in [0.25, 0.3) is 0 Å². The summed E-state index contributed by atoms with van der Waals surface area (Å²) in [6, 6.07) is 3.99. The zero-order valence-corrected chi connectivity index (χ0v) is 9.78. The maximum atomic E-state index is 12.2. The molecule has 2 unspecified atom stereocenters. The molecule has 1 aliphatic carbocycles. The third-order valence-corrected chi connectivity index (χ3v) is 3.74. The third-order valence-electron chi connectivity index (χ3n) is 3.74. The largest absolute Gasteiger partial charge is 0.365 e. The molecule has 0 aromatic carbocycles. The number of rotatable bonds is 0. The van der Waals surface area contributed by atoms with Crippen molar-refractivity contribution in [2.24, 2.45) is 5.92 Å². The van der Waals surface area contributed by atoms with Gasteiger partial charge in [-0.3, -0.25) is 4.79 Å². The molecule has 0 radical (unpaired) electrons. The second-order valence-corrected chi connectivity index (χ2v) is 4.88. The van der Waals surface area contributed by atoms with Gasteiger partial charge in [-0.1, -0.05) is 19.3 Å². The summed E-state index contributed by atoms with van der Waals surface area (Å²) in [7, 11) is 0. The molecule has 1 aromatic heterocycles. The molecule has 90 valence electrons. The second-order valence-electron chi connectivity index (χ2n) is 4.88. The molecular formula is C13H17N3O. The molecule has 0 spiro atoms. The number of nitrogens with one attached hydrogen (secondary N) is 2. The van der Waals surface area contributed by atoms with Gasteiger partial charge in [0.05, 0.1) is 11.6 Å². The number of amides is 1. The Labute approximate surface area is 101 Å². The van der Waals surface area contributed by atoms with Crippen LogP contribution in [0.2, 0.25) is 0 Å². The number of carbonyl (C=O) groups excluding carboxylic acids is 1. The molecule has 2 aliphatic rings. The molecule has 1 aliphatic heterocycles. The Bertz CT molecular complexity index is 432. The van der Waals surface area contributed by atoms with Crippen LogP contribution in [0.3, 0.4) is 0 Å². The van der Waals surface area contributed by atoms with E-state index in [2.05, 4.69) is 15.6 Å². The lowest BCUT2D eigenvalue weighted by molar-refractivity contribution is -0.120. The Morgan fingerprint density at radius 3 is 3.06 bits per heavy atom. The molecule has 2 N–H and O–H groups in total. The summed E-state index contributed by atoms with van der Waals surface area (Å²) in [5.74, 6) is 1.05. The summed E-state index contributed by atoms with van der Waals surface area (Å²) >= 11 is 0. The lowest BCUT2D eigenvalue weighted by atomic mass is 9.94. The van der Waals surface area contributed by atoms with Crippen molar-refractivity contribution in [2.45, 2.75) is 38.1 Å². The molecule has 3 rings (SSSR count). The van der Waals surface area contributed by atoms with Crippen LogP contribution in [0.1, 0.15) is 32.1 Å². The molecule has 1 aromatic rings. The fourth-order valence-electron chi connectivity index (χ4n) is 2.82. The van der Waals surface area contributed by atoms with Crippen molar-refractivity contribution in [3.8, 4) is 0 Å². The van der Waals surface area contributed by atoms with E-state index in [1.54, 1.807) is 6.20 Å². The van der Waals surface area contributed by atoms with Gasteiger partial charge >= 0.3 is 0 Å². The highest BCUT2D eigenvalue weighted by atomic mass is 16.2. The first-order chi connectivity index (χ1) is 8.34. The van der Waals surface area contributed by atoms with Crippen LogP contribution in [0.4, 0.5) is 11.5 Å². The highest BCUT2D eigenvalue weighted by Gasteiger charge is 2.33. The molecule has 17 heavy (non-hydrogen) atoms. The molecule has 1 fully saturated rings. The molecule has 1 saturated carbocycles. The van der Waals surface area contributed by atoms with E-state index in [1.807, 2.05) is 12.1 Å².